The van der Waals surface area contributed by atoms with Crippen molar-refractivity contribution < 1.29 is 9.47 Å². The quantitative estimate of drug-likeness (QED) is 0.755. The van der Waals surface area contributed by atoms with Gasteiger partial charge in [0, 0.05) is 17.9 Å². The maximum Gasteiger partial charge on any atom is 0.123 e. The van der Waals surface area contributed by atoms with Crippen molar-refractivity contribution in [2.75, 3.05) is 13.2 Å². The molecule has 90 valence electrons. The van der Waals surface area contributed by atoms with Gasteiger partial charge in [0.05, 0.1) is 19.3 Å². The molecule has 0 bridgehead atoms. The van der Waals surface area contributed by atoms with Crippen molar-refractivity contribution >= 4 is 0 Å². The van der Waals surface area contributed by atoms with Crippen molar-refractivity contribution in [3.8, 4) is 17.6 Å². The van der Waals surface area contributed by atoms with E-state index in [1.807, 2.05) is 31.2 Å². The van der Waals surface area contributed by atoms with Crippen molar-refractivity contribution in [3.63, 3.8) is 0 Å². The maximum atomic E-state index is 8.73. The maximum absolute atomic E-state index is 8.73. The normalized spacial score (nSPS) is 16.0. The first-order valence-corrected chi connectivity index (χ1v) is 6.01. The third-order valence-corrected chi connectivity index (χ3v) is 3.07. The third-order valence-electron chi connectivity index (χ3n) is 3.07. The molecule has 0 atom stereocenters. The highest BCUT2D eigenvalue weighted by Gasteiger charge is 2.43. The highest BCUT2D eigenvalue weighted by molar-refractivity contribution is 5.33. The van der Waals surface area contributed by atoms with Crippen LogP contribution in [0.25, 0.3) is 0 Å². The van der Waals surface area contributed by atoms with E-state index >= 15 is 0 Å². The Morgan fingerprint density at radius 2 is 2.00 bits per heavy atom. The molecule has 0 amide bonds. The van der Waals surface area contributed by atoms with E-state index in [2.05, 4.69) is 6.07 Å². The lowest BCUT2D eigenvalue weighted by Gasteiger charge is -2.13. The minimum Gasteiger partial charge on any atom is -0.494 e. The van der Waals surface area contributed by atoms with Crippen molar-refractivity contribution in [3.05, 3.63) is 24.3 Å². The molecule has 0 spiro atoms. The monoisotopic (exact) mass is 231 g/mol. The van der Waals surface area contributed by atoms with Gasteiger partial charge in [0.15, 0.2) is 0 Å². The van der Waals surface area contributed by atoms with Crippen molar-refractivity contribution in [1.29, 1.82) is 5.26 Å². The van der Waals surface area contributed by atoms with Gasteiger partial charge in [0.25, 0.3) is 0 Å². The van der Waals surface area contributed by atoms with Crippen molar-refractivity contribution in [2.45, 2.75) is 26.2 Å². The molecule has 0 aromatic heterocycles. The number of rotatable bonds is 6. The molecule has 3 nitrogen and oxygen atoms in total. The van der Waals surface area contributed by atoms with Crippen molar-refractivity contribution in [1.82, 2.24) is 0 Å². The molecular weight excluding hydrogens is 214 g/mol. The molecule has 3 heteroatoms. The average molecular weight is 231 g/mol. The summed E-state index contributed by atoms with van der Waals surface area (Å²) in [5.41, 5.74) is 0.121. The first kappa shape index (κ1) is 11.8. The highest BCUT2D eigenvalue weighted by Crippen LogP contribution is 2.48. The summed E-state index contributed by atoms with van der Waals surface area (Å²) >= 11 is 0. The molecule has 0 radical (unpaired) electrons. The molecule has 1 aromatic rings. The van der Waals surface area contributed by atoms with Gasteiger partial charge in [0.1, 0.15) is 11.5 Å². The number of nitriles is 1. The first-order valence-electron chi connectivity index (χ1n) is 6.01. The lowest BCUT2D eigenvalue weighted by molar-refractivity contribution is 0.235. The second-order valence-corrected chi connectivity index (χ2v) is 4.53. The molecule has 1 aromatic carbocycles. The van der Waals surface area contributed by atoms with Gasteiger partial charge in [-0.25, -0.2) is 0 Å². The van der Waals surface area contributed by atoms with Gasteiger partial charge < -0.3 is 9.47 Å². The highest BCUT2D eigenvalue weighted by atomic mass is 16.5. The van der Waals surface area contributed by atoms with E-state index in [0.29, 0.717) is 19.6 Å². The van der Waals surface area contributed by atoms with E-state index in [9.17, 15) is 0 Å². The van der Waals surface area contributed by atoms with Gasteiger partial charge in [-0.1, -0.05) is 6.07 Å². The molecule has 2 rings (SSSR count). The predicted molar refractivity (Wildman–Crippen MR) is 65.0 cm³/mol. The van der Waals surface area contributed by atoms with Crippen LogP contribution in [-0.2, 0) is 0 Å². The number of nitrogens with zero attached hydrogens (tertiary/aromatic N) is 1. The largest absolute Gasteiger partial charge is 0.494 e. The summed E-state index contributed by atoms with van der Waals surface area (Å²) in [6.45, 7) is 3.25. The molecular formula is C14H17NO2. The minimum atomic E-state index is 0.121. The van der Waals surface area contributed by atoms with Crippen LogP contribution in [-0.4, -0.2) is 13.2 Å². The zero-order valence-electron chi connectivity index (χ0n) is 10.1. The Balaban J connectivity index is 1.91. The fourth-order valence-electron chi connectivity index (χ4n) is 1.77. The Bertz CT molecular complexity index is 418. The van der Waals surface area contributed by atoms with E-state index in [-0.39, 0.29) is 5.41 Å². The molecule has 0 heterocycles. The standard InChI is InChI=1S/C14H17NO2/c1-2-16-12-4-3-5-13(10-12)17-11-14(6-7-14)8-9-15/h3-5,10H,2,6-8,11H2,1H3. The van der Waals surface area contributed by atoms with Gasteiger partial charge in [-0.15, -0.1) is 0 Å². The number of ether oxygens (including phenoxy) is 2. The fourth-order valence-corrected chi connectivity index (χ4v) is 1.77. The van der Waals surface area contributed by atoms with Crippen LogP contribution in [0.2, 0.25) is 0 Å². The lowest BCUT2D eigenvalue weighted by atomic mass is 10.1. The summed E-state index contributed by atoms with van der Waals surface area (Å²) in [6.07, 6.45) is 2.80. The molecule has 0 unspecified atom stereocenters. The predicted octanol–water partition coefficient (Wildman–Crippen LogP) is 3.16. The second kappa shape index (κ2) is 5.09. The number of benzene rings is 1. The Hall–Kier alpha value is -1.69. The minimum absolute atomic E-state index is 0.121. The smallest absolute Gasteiger partial charge is 0.123 e. The fraction of sp³-hybridized carbons (Fsp3) is 0.500. The first-order chi connectivity index (χ1) is 8.28. The number of hydrogen-bond acceptors (Lipinski definition) is 3. The van der Waals surface area contributed by atoms with E-state index in [4.69, 9.17) is 14.7 Å². The van der Waals surface area contributed by atoms with Crippen molar-refractivity contribution in [2.24, 2.45) is 5.41 Å². The zero-order valence-corrected chi connectivity index (χ0v) is 10.1. The summed E-state index contributed by atoms with van der Waals surface area (Å²) in [4.78, 5) is 0. The van der Waals surface area contributed by atoms with E-state index in [0.717, 1.165) is 24.3 Å². The van der Waals surface area contributed by atoms with Gasteiger partial charge >= 0.3 is 0 Å². The van der Waals surface area contributed by atoms with E-state index in [1.54, 1.807) is 0 Å². The molecule has 0 aliphatic heterocycles. The average Bonchev–Trinajstić information content (AvgIpc) is 3.09. The summed E-state index contributed by atoms with van der Waals surface area (Å²) in [5.74, 6) is 1.65. The van der Waals surface area contributed by atoms with Gasteiger partial charge in [0.2, 0.25) is 0 Å². The topological polar surface area (TPSA) is 42.2 Å². The van der Waals surface area contributed by atoms with Crippen LogP contribution in [0.1, 0.15) is 26.2 Å². The van der Waals surface area contributed by atoms with Gasteiger partial charge in [-0.2, -0.15) is 5.26 Å². The van der Waals surface area contributed by atoms with Crippen LogP contribution < -0.4 is 9.47 Å². The number of hydrogen-bond donors (Lipinski definition) is 0. The molecule has 1 saturated carbocycles. The molecule has 1 aliphatic carbocycles. The molecule has 1 aliphatic rings. The molecule has 1 fully saturated rings. The van der Waals surface area contributed by atoms with Crippen LogP contribution in [0.3, 0.4) is 0 Å². The van der Waals surface area contributed by atoms with Gasteiger partial charge in [-0.05, 0) is 31.9 Å². The SMILES string of the molecule is CCOc1cccc(OCC2(CC#N)CC2)c1. The summed E-state index contributed by atoms with van der Waals surface area (Å²) in [6, 6.07) is 9.89. The van der Waals surface area contributed by atoms with Crippen LogP contribution in [0.15, 0.2) is 24.3 Å². The van der Waals surface area contributed by atoms with Gasteiger partial charge in [-0.3, -0.25) is 0 Å². The second-order valence-electron chi connectivity index (χ2n) is 4.53. The van der Waals surface area contributed by atoms with Crippen LogP contribution in [0.4, 0.5) is 0 Å². The Morgan fingerprint density at radius 1 is 1.29 bits per heavy atom. The Morgan fingerprint density at radius 3 is 2.59 bits per heavy atom. The molecule has 0 saturated heterocycles. The zero-order chi connectivity index (χ0) is 12.1. The lowest BCUT2D eigenvalue weighted by Crippen LogP contribution is -2.12. The summed E-state index contributed by atoms with van der Waals surface area (Å²) in [5, 5.41) is 8.73. The Kier molecular flexibility index (Phi) is 3.53. The molecule has 17 heavy (non-hydrogen) atoms. The Labute approximate surface area is 102 Å². The van der Waals surface area contributed by atoms with Crippen LogP contribution in [0.5, 0.6) is 11.5 Å². The molecule has 0 N–H and O–H groups in total. The van der Waals surface area contributed by atoms with E-state index in [1.165, 1.54) is 0 Å². The summed E-state index contributed by atoms with van der Waals surface area (Å²) in [7, 11) is 0. The summed E-state index contributed by atoms with van der Waals surface area (Å²) < 4.78 is 11.2. The van der Waals surface area contributed by atoms with Crippen LogP contribution >= 0.6 is 0 Å². The van der Waals surface area contributed by atoms with E-state index < -0.39 is 0 Å². The van der Waals surface area contributed by atoms with Crippen LogP contribution in [0, 0.1) is 16.7 Å². The third kappa shape index (κ3) is 3.13.